The van der Waals surface area contributed by atoms with Crippen molar-refractivity contribution in [1.82, 2.24) is 0 Å². The van der Waals surface area contributed by atoms with Crippen LogP contribution in [0.2, 0.25) is 6.55 Å². The minimum atomic E-state index is -1.56. The Morgan fingerprint density at radius 2 is 1.21 bits per heavy atom. The third-order valence-electron chi connectivity index (χ3n) is 1.38. The van der Waals surface area contributed by atoms with E-state index in [1.165, 1.54) is 0 Å². The van der Waals surface area contributed by atoms with Gasteiger partial charge in [-0.3, -0.25) is 0 Å². The van der Waals surface area contributed by atoms with Gasteiger partial charge in [0.05, 0.1) is 13.2 Å². The number of nitrogens with two attached hydrogens (primary N) is 2. The number of hydrogen-bond donors (Lipinski definition) is 2. The predicted molar refractivity (Wildman–Crippen MR) is 61.4 cm³/mol. The van der Waals surface area contributed by atoms with E-state index in [9.17, 15) is 0 Å². The van der Waals surface area contributed by atoms with Crippen LogP contribution in [-0.4, -0.2) is 33.6 Å². The van der Waals surface area contributed by atoms with Crippen LogP contribution in [0.15, 0.2) is 0 Å². The van der Waals surface area contributed by atoms with Gasteiger partial charge in [0.25, 0.3) is 0 Å². The van der Waals surface area contributed by atoms with Gasteiger partial charge in [-0.2, -0.15) is 0 Å². The van der Waals surface area contributed by atoms with Crippen LogP contribution in [0.5, 0.6) is 0 Å². The molecule has 0 saturated heterocycles. The fourth-order valence-corrected chi connectivity index (χ4v) is 2.14. The molecular weight excluding hydrogens is 196 g/mol. The second-order valence-corrected chi connectivity index (χ2v) is 6.97. The maximum atomic E-state index is 5.78. The van der Waals surface area contributed by atoms with Crippen molar-refractivity contribution in [1.29, 1.82) is 0 Å². The molecule has 4 nitrogen and oxygen atoms in total. The lowest BCUT2D eigenvalue weighted by Gasteiger charge is -2.24. The first kappa shape index (κ1) is 14.1. The van der Waals surface area contributed by atoms with E-state index in [1.807, 2.05) is 34.2 Å². The summed E-state index contributed by atoms with van der Waals surface area (Å²) < 4.78 is 11.1. The van der Waals surface area contributed by atoms with Gasteiger partial charge in [0.15, 0.2) is 0 Å². The first-order valence-corrected chi connectivity index (χ1v) is 7.01. The summed E-state index contributed by atoms with van der Waals surface area (Å²) in [5, 5.41) is 0. The summed E-state index contributed by atoms with van der Waals surface area (Å²) in [5.74, 6) is 0. The molecule has 0 rings (SSSR count). The lowest BCUT2D eigenvalue weighted by Crippen LogP contribution is -2.43. The highest BCUT2D eigenvalue weighted by Crippen LogP contribution is 2.02. The number of rotatable bonds is 6. The highest BCUT2D eigenvalue weighted by Gasteiger charge is 2.17. The second-order valence-electron chi connectivity index (χ2n) is 5.17. The lowest BCUT2D eigenvalue weighted by molar-refractivity contribution is 0.150. The molecule has 0 unspecified atom stereocenters. The van der Waals surface area contributed by atoms with Crippen molar-refractivity contribution in [3.63, 3.8) is 0 Å². The van der Waals surface area contributed by atoms with Gasteiger partial charge in [-0.15, -0.1) is 0 Å². The average molecular weight is 220 g/mol. The van der Waals surface area contributed by atoms with Crippen LogP contribution in [-0.2, 0) is 8.85 Å². The second kappa shape index (κ2) is 5.23. The Balaban J connectivity index is 3.62. The molecule has 0 radical (unpaired) electrons. The summed E-state index contributed by atoms with van der Waals surface area (Å²) in [6, 6.07) is 0. The molecule has 0 amide bonds. The van der Waals surface area contributed by atoms with Gasteiger partial charge in [0.1, 0.15) is 0 Å². The maximum absolute atomic E-state index is 5.78. The zero-order valence-corrected chi connectivity index (χ0v) is 11.1. The summed E-state index contributed by atoms with van der Waals surface area (Å²) in [6.07, 6.45) is 0. The van der Waals surface area contributed by atoms with Crippen LogP contribution in [0.3, 0.4) is 0 Å². The average Bonchev–Trinajstić information content (AvgIpc) is 1.94. The van der Waals surface area contributed by atoms with Crippen molar-refractivity contribution in [3.8, 4) is 0 Å². The smallest absolute Gasteiger partial charge is 0.318 e. The molecule has 5 heteroatoms. The van der Waals surface area contributed by atoms with E-state index >= 15 is 0 Å². The molecule has 0 aromatic heterocycles. The van der Waals surface area contributed by atoms with E-state index in [4.69, 9.17) is 20.3 Å². The van der Waals surface area contributed by atoms with Crippen LogP contribution in [0.4, 0.5) is 0 Å². The SMILES string of the molecule is C[SiH](OCC(C)(C)N)OCC(C)(C)N. The van der Waals surface area contributed by atoms with Gasteiger partial charge in [0, 0.05) is 11.1 Å². The van der Waals surface area contributed by atoms with E-state index in [0.29, 0.717) is 13.2 Å². The molecule has 4 N–H and O–H groups in total. The van der Waals surface area contributed by atoms with Gasteiger partial charge in [0.2, 0.25) is 0 Å². The third kappa shape index (κ3) is 10.1. The van der Waals surface area contributed by atoms with E-state index in [1.54, 1.807) is 0 Å². The summed E-state index contributed by atoms with van der Waals surface area (Å²) >= 11 is 0. The van der Waals surface area contributed by atoms with Crippen LogP contribution in [0, 0.1) is 0 Å². The molecule has 0 atom stereocenters. The van der Waals surface area contributed by atoms with Gasteiger partial charge in [-0.1, -0.05) is 0 Å². The van der Waals surface area contributed by atoms with E-state index in [0.717, 1.165) is 0 Å². The van der Waals surface area contributed by atoms with Crippen molar-refractivity contribution < 1.29 is 8.85 Å². The summed E-state index contributed by atoms with van der Waals surface area (Å²) in [5.41, 5.74) is 11.0. The van der Waals surface area contributed by atoms with Crippen molar-refractivity contribution >= 4 is 9.28 Å². The summed E-state index contributed by atoms with van der Waals surface area (Å²) in [4.78, 5) is 0. The van der Waals surface area contributed by atoms with Gasteiger partial charge < -0.3 is 20.3 Å². The Kier molecular flexibility index (Phi) is 5.25. The molecule has 0 bridgehead atoms. The van der Waals surface area contributed by atoms with Crippen molar-refractivity contribution in [2.24, 2.45) is 11.5 Å². The topological polar surface area (TPSA) is 70.5 Å². The molecule has 0 aromatic rings. The molecule has 86 valence electrons. The van der Waals surface area contributed by atoms with E-state index < -0.39 is 9.28 Å². The largest absolute Gasteiger partial charge is 0.395 e. The minimum absolute atomic E-state index is 0.289. The first-order valence-electron chi connectivity index (χ1n) is 4.91. The van der Waals surface area contributed by atoms with Crippen molar-refractivity contribution in [2.45, 2.75) is 45.3 Å². The molecule has 0 aliphatic heterocycles. The minimum Gasteiger partial charge on any atom is -0.395 e. The normalized spacial score (nSPS) is 13.7. The standard InChI is InChI=1S/C9H24N2O2Si/c1-8(2,10)6-12-14(5)13-7-9(3,4)11/h14H,6-7,10-11H2,1-5H3. The Morgan fingerprint density at radius 1 is 0.929 bits per heavy atom. The van der Waals surface area contributed by atoms with Crippen LogP contribution in [0.1, 0.15) is 27.7 Å². The molecule has 0 spiro atoms. The van der Waals surface area contributed by atoms with Gasteiger partial charge >= 0.3 is 9.28 Å². The van der Waals surface area contributed by atoms with Crippen molar-refractivity contribution in [2.75, 3.05) is 13.2 Å². The van der Waals surface area contributed by atoms with Gasteiger partial charge in [-0.05, 0) is 34.2 Å². The molecule has 0 aliphatic carbocycles. The number of hydrogen-bond acceptors (Lipinski definition) is 4. The van der Waals surface area contributed by atoms with Gasteiger partial charge in [-0.25, -0.2) is 0 Å². The lowest BCUT2D eigenvalue weighted by atomic mass is 10.1. The Labute approximate surface area is 88.8 Å². The highest BCUT2D eigenvalue weighted by molar-refractivity contribution is 6.42. The monoisotopic (exact) mass is 220 g/mol. The van der Waals surface area contributed by atoms with Crippen molar-refractivity contribution in [3.05, 3.63) is 0 Å². The first-order chi connectivity index (χ1) is 6.10. The highest BCUT2D eigenvalue weighted by atomic mass is 28.3. The molecule has 0 aromatic carbocycles. The van der Waals surface area contributed by atoms with Crippen LogP contribution < -0.4 is 11.5 Å². The summed E-state index contributed by atoms with van der Waals surface area (Å²) in [7, 11) is -1.56. The Morgan fingerprint density at radius 3 is 1.43 bits per heavy atom. The van der Waals surface area contributed by atoms with E-state index in [2.05, 4.69) is 0 Å². The fourth-order valence-electron chi connectivity index (χ4n) is 0.712. The molecular formula is C9H24N2O2Si. The zero-order valence-electron chi connectivity index (χ0n) is 9.96. The Bertz CT molecular complexity index is 145. The quantitative estimate of drug-likeness (QED) is 0.634. The van der Waals surface area contributed by atoms with Crippen LogP contribution >= 0.6 is 0 Å². The van der Waals surface area contributed by atoms with Crippen LogP contribution in [0.25, 0.3) is 0 Å². The predicted octanol–water partition coefficient (Wildman–Crippen LogP) is 0.345. The summed E-state index contributed by atoms with van der Waals surface area (Å²) in [6.45, 7) is 10.8. The molecule has 0 saturated carbocycles. The maximum Gasteiger partial charge on any atom is 0.318 e. The Hall–Kier alpha value is 0.0569. The van der Waals surface area contributed by atoms with E-state index in [-0.39, 0.29) is 11.1 Å². The molecule has 0 heterocycles. The fraction of sp³-hybridized carbons (Fsp3) is 1.00. The molecule has 0 aliphatic rings. The zero-order chi connectivity index (χ0) is 11.4. The third-order valence-corrected chi connectivity index (χ3v) is 2.65. The molecule has 0 fully saturated rings. The molecule has 14 heavy (non-hydrogen) atoms.